The lowest BCUT2D eigenvalue weighted by atomic mass is 10.2. The van der Waals surface area contributed by atoms with Crippen molar-refractivity contribution >= 4 is 0 Å². The summed E-state index contributed by atoms with van der Waals surface area (Å²) >= 11 is 0. The largest absolute Gasteiger partial charge is 0.394 e. The molecule has 2 atom stereocenters. The van der Waals surface area contributed by atoms with Crippen LogP contribution in [0.2, 0.25) is 0 Å². The van der Waals surface area contributed by atoms with Gasteiger partial charge in [0, 0.05) is 19.8 Å². The lowest BCUT2D eigenvalue weighted by molar-refractivity contribution is -0.0164. The Kier molecular flexibility index (Phi) is 10.2. The molecule has 0 amide bonds. The van der Waals surface area contributed by atoms with Crippen molar-refractivity contribution < 1.29 is 24.4 Å². The van der Waals surface area contributed by atoms with E-state index in [1.54, 1.807) is 0 Å². The summed E-state index contributed by atoms with van der Waals surface area (Å²) < 4.78 is 16.0. The molecule has 0 spiro atoms. The van der Waals surface area contributed by atoms with Crippen LogP contribution in [-0.4, -0.2) is 75.2 Å². The van der Waals surface area contributed by atoms with Gasteiger partial charge in [-0.15, -0.1) is 0 Å². The molecule has 2 unspecified atom stereocenters. The molecule has 1 aliphatic heterocycles. The summed E-state index contributed by atoms with van der Waals surface area (Å²) in [5, 5.41) is 21.3. The minimum absolute atomic E-state index is 0.0637. The van der Waals surface area contributed by atoms with Crippen LogP contribution < -0.4 is 5.32 Å². The fourth-order valence-corrected chi connectivity index (χ4v) is 1.90. The van der Waals surface area contributed by atoms with Crippen molar-refractivity contribution in [1.82, 2.24) is 5.32 Å². The molecule has 6 heteroatoms. The smallest absolute Gasteiger partial charge is 0.0897 e. The van der Waals surface area contributed by atoms with Crippen molar-refractivity contribution in [3.05, 3.63) is 0 Å². The fraction of sp³-hybridized carbons (Fsp3) is 1.00. The summed E-state index contributed by atoms with van der Waals surface area (Å²) in [6.07, 6.45) is 2.76. The number of aliphatic hydroxyl groups is 2. The first kappa shape index (κ1) is 16.8. The lowest BCUT2D eigenvalue weighted by Gasteiger charge is -2.14. The highest BCUT2D eigenvalue weighted by Crippen LogP contribution is 2.11. The molecule has 0 radical (unpaired) electrons. The Morgan fingerprint density at radius 2 is 2.21 bits per heavy atom. The quantitative estimate of drug-likeness (QED) is 0.419. The number of ether oxygens (including phenoxy) is 3. The van der Waals surface area contributed by atoms with E-state index in [1.165, 1.54) is 0 Å². The van der Waals surface area contributed by atoms with E-state index >= 15 is 0 Å². The molecule has 19 heavy (non-hydrogen) atoms. The van der Waals surface area contributed by atoms with E-state index in [-0.39, 0.29) is 12.7 Å². The second-order valence-corrected chi connectivity index (χ2v) is 4.72. The molecule has 0 aromatic rings. The zero-order chi connectivity index (χ0) is 13.8. The molecular weight excluding hydrogens is 250 g/mol. The molecule has 0 saturated carbocycles. The molecule has 1 aliphatic rings. The number of rotatable bonds is 12. The summed E-state index contributed by atoms with van der Waals surface area (Å²) in [6, 6.07) is 0. The van der Waals surface area contributed by atoms with E-state index < -0.39 is 6.10 Å². The van der Waals surface area contributed by atoms with Gasteiger partial charge in [0.25, 0.3) is 0 Å². The molecule has 3 N–H and O–H groups in total. The number of aliphatic hydroxyl groups excluding tert-OH is 2. The molecule has 1 heterocycles. The van der Waals surface area contributed by atoms with Crippen molar-refractivity contribution in [2.45, 2.75) is 31.5 Å². The molecule has 1 fully saturated rings. The summed E-state index contributed by atoms with van der Waals surface area (Å²) in [4.78, 5) is 0. The van der Waals surface area contributed by atoms with Gasteiger partial charge in [-0.05, 0) is 25.8 Å². The molecule has 0 aromatic carbocycles. The third-order valence-electron chi connectivity index (χ3n) is 2.90. The van der Waals surface area contributed by atoms with E-state index in [9.17, 15) is 5.11 Å². The van der Waals surface area contributed by atoms with E-state index in [2.05, 4.69) is 5.32 Å². The monoisotopic (exact) mass is 277 g/mol. The molecular formula is C13H27NO5. The Labute approximate surface area is 115 Å². The van der Waals surface area contributed by atoms with Gasteiger partial charge in [0.05, 0.1) is 38.6 Å². The Hall–Kier alpha value is -0.240. The van der Waals surface area contributed by atoms with Crippen LogP contribution in [0.3, 0.4) is 0 Å². The van der Waals surface area contributed by atoms with E-state index in [0.29, 0.717) is 33.0 Å². The van der Waals surface area contributed by atoms with Crippen LogP contribution >= 0.6 is 0 Å². The minimum Gasteiger partial charge on any atom is -0.394 e. The normalized spacial score (nSPS) is 20.8. The topological polar surface area (TPSA) is 80.2 Å². The molecule has 1 saturated heterocycles. The van der Waals surface area contributed by atoms with E-state index in [1.807, 2.05) is 0 Å². The van der Waals surface area contributed by atoms with Crippen LogP contribution in [-0.2, 0) is 14.2 Å². The Morgan fingerprint density at radius 1 is 1.32 bits per heavy atom. The Bertz CT molecular complexity index is 199. The third-order valence-corrected chi connectivity index (χ3v) is 2.90. The van der Waals surface area contributed by atoms with Crippen LogP contribution in [0.15, 0.2) is 0 Å². The summed E-state index contributed by atoms with van der Waals surface area (Å²) in [5.74, 6) is 0. The summed E-state index contributed by atoms with van der Waals surface area (Å²) in [5.41, 5.74) is 0. The maximum Gasteiger partial charge on any atom is 0.0897 e. The first-order chi connectivity index (χ1) is 9.33. The molecule has 6 nitrogen and oxygen atoms in total. The van der Waals surface area contributed by atoms with E-state index in [4.69, 9.17) is 19.3 Å². The van der Waals surface area contributed by atoms with E-state index in [0.717, 1.165) is 32.4 Å². The van der Waals surface area contributed by atoms with Crippen LogP contribution in [0.4, 0.5) is 0 Å². The molecule has 114 valence electrons. The van der Waals surface area contributed by atoms with Gasteiger partial charge < -0.3 is 29.7 Å². The van der Waals surface area contributed by atoms with Crippen molar-refractivity contribution in [2.75, 3.05) is 52.7 Å². The SMILES string of the molecule is OCCOCCCNCC(O)COCC1CCCO1. The van der Waals surface area contributed by atoms with Gasteiger partial charge in [0.1, 0.15) is 0 Å². The van der Waals surface area contributed by atoms with Gasteiger partial charge in [0.2, 0.25) is 0 Å². The van der Waals surface area contributed by atoms with Crippen LogP contribution in [0.1, 0.15) is 19.3 Å². The molecule has 0 bridgehead atoms. The third kappa shape index (κ3) is 9.32. The number of hydrogen-bond donors (Lipinski definition) is 3. The highest BCUT2D eigenvalue weighted by Gasteiger charge is 2.15. The summed E-state index contributed by atoms with van der Waals surface area (Å²) in [7, 11) is 0. The van der Waals surface area contributed by atoms with Crippen LogP contribution in [0.25, 0.3) is 0 Å². The predicted octanol–water partition coefficient (Wildman–Crippen LogP) is -0.468. The van der Waals surface area contributed by atoms with Gasteiger partial charge in [-0.1, -0.05) is 0 Å². The zero-order valence-electron chi connectivity index (χ0n) is 11.6. The van der Waals surface area contributed by atoms with Crippen molar-refractivity contribution in [3.8, 4) is 0 Å². The van der Waals surface area contributed by atoms with Crippen molar-refractivity contribution in [3.63, 3.8) is 0 Å². The molecule has 1 rings (SSSR count). The van der Waals surface area contributed by atoms with Gasteiger partial charge >= 0.3 is 0 Å². The highest BCUT2D eigenvalue weighted by molar-refractivity contribution is 4.64. The van der Waals surface area contributed by atoms with Gasteiger partial charge in [-0.25, -0.2) is 0 Å². The fourth-order valence-electron chi connectivity index (χ4n) is 1.90. The highest BCUT2D eigenvalue weighted by atomic mass is 16.5. The molecule has 0 aliphatic carbocycles. The minimum atomic E-state index is -0.486. The van der Waals surface area contributed by atoms with Crippen molar-refractivity contribution in [1.29, 1.82) is 0 Å². The maximum absolute atomic E-state index is 9.67. The zero-order valence-corrected chi connectivity index (χ0v) is 11.6. The maximum atomic E-state index is 9.67. The average Bonchev–Trinajstić information content (AvgIpc) is 2.91. The average molecular weight is 277 g/mol. The second-order valence-electron chi connectivity index (χ2n) is 4.72. The van der Waals surface area contributed by atoms with Gasteiger partial charge in [-0.2, -0.15) is 0 Å². The summed E-state index contributed by atoms with van der Waals surface area (Å²) in [6.45, 7) is 4.13. The predicted molar refractivity (Wildman–Crippen MR) is 71.2 cm³/mol. The van der Waals surface area contributed by atoms with Gasteiger partial charge in [-0.3, -0.25) is 0 Å². The first-order valence-corrected chi connectivity index (χ1v) is 7.09. The Morgan fingerprint density at radius 3 is 2.95 bits per heavy atom. The lowest BCUT2D eigenvalue weighted by Crippen LogP contribution is -2.32. The standard InChI is InChI=1S/C13H27NO5/c15-5-8-17-6-2-4-14-9-12(16)10-18-11-13-3-1-7-19-13/h12-16H,1-11H2. The second kappa shape index (κ2) is 11.6. The van der Waals surface area contributed by atoms with Crippen molar-refractivity contribution in [2.24, 2.45) is 0 Å². The number of hydrogen-bond acceptors (Lipinski definition) is 6. The van der Waals surface area contributed by atoms with Gasteiger partial charge in [0.15, 0.2) is 0 Å². The first-order valence-electron chi connectivity index (χ1n) is 7.09. The number of nitrogens with one attached hydrogen (secondary N) is 1. The van der Waals surface area contributed by atoms with Crippen LogP contribution in [0, 0.1) is 0 Å². The van der Waals surface area contributed by atoms with Crippen LogP contribution in [0.5, 0.6) is 0 Å². The molecule has 0 aromatic heterocycles. The Balaban J connectivity index is 1.80.